The van der Waals surface area contributed by atoms with E-state index >= 15 is 0 Å². The lowest BCUT2D eigenvalue weighted by atomic mass is 10.1. The van der Waals surface area contributed by atoms with Crippen LogP contribution in [0, 0.1) is 0 Å². The molecule has 0 atom stereocenters. The Morgan fingerprint density at radius 3 is 2.19 bits per heavy atom. The highest BCUT2D eigenvalue weighted by molar-refractivity contribution is 14.0. The highest BCUT2D eigenvalue weighted by Crippen LogP contribution is 2.34. The second-order valence-electron chi connectivity index (χ2n) is 7.84. The topological polar surface area (TPSA) is 87.7 Å². The summed E-state index contributed by atoms with van der Waals surface area (Å²) in [7, 11) is 6.72. The van der Waals surface area contributed by atoms with E-state index in [0.717, 1.165) is 68.5 Å². The van der Waals surface area contributed by atoms with Crippen LogP contribution in [0.1, 0.15) is 18.4 Å². The summed E-state index contributed by atoms with van der Waals surface area (Å²) in [5.74, 6) is 3.19. The number of methoxy groups -OCH3 is 3. The first kappa shape index (κ1) is 26.3. The van der Waals surface area contributed by atoms with E-state index in [1.165, 1.54) is 0 Å². The van der Waals surface area contributed by atoms with Gasteiger partial charge in [-0.3, -0.25) is 14.7 Å². The number of carbonyl (C=O) groups is 1. The molecular formula is C22H36IN5O4. The van der Waals surface area contributed by atoms with Gasteiger partial charge in [0, 0.05) is 63.5 Å². The van der Waals surface area contributed by atoms with Crippen LogP contribution in [-0.2, 0) is 11.2 Å². The minimum atomic E-state index is 0. The van der Waals surface area contributed by atoms with Crippen LogP contribution in [0.15, 0.2) is 17.1 Å². The zero-order chi connectivity index (χ0) is 22.2. The zero-order valence-corrected chi connectivity index (χ0v) is 21.8. The van der Waals surface area contributed by atoms with E-state index in [4.69, 9.17) is 14.2 Å². The molecule has 1 aliphatic carbocycles. The molecule has 1 aromatic carbocycles. The van der Waals surface area contributed by atoms with Crippen molar-refractivity contribution in [1.82, 2.24) is 20.4 Å². The maximum Gasteiger partial charge on any atom is 0.234 e. The Balaban J connectivity index is 0.00000363. The molecule has 10 heteroatoms. The van der Waals surface area contributed by atoms with E-state index in [1.54, 1.807) is 28.4 Å². The third kappa shape index (κ3) is 7.29. The molecule has 0 unspecified atom stereocenters. The van der Waals surface area contributed by atoms with E-state index in [9.17, 15) is 4.79 Å². The SMILES string of the molecule is CN=C(NCCc1c(OC)cc(OC)cc1OC)N1CCN(CC(=O)NC2CC2)CC1.I. The largest absolute Gasteiger partial charge is 0.496 e. The first-order valence-corrected chi connectivity index (χ1v) is 10.8. The number of guanidine groups is 1. The Morgan fingerprint density at radius 2 is 1.69 bits per heavy atom. The van der Waals surface area contributed by atoms with Crippen LogP contribution in [-0.4, -0.2) is 95.4 Å². The van der Waals surface area contributed by atoms with E-state index in [0.29, 0.717) is 24.9 Å². The molecule has 2 N–H and O–H groups in total. The van der Waals surface area contributed by atoms with Crippen LogP contribution in [0.2, 0.25) is 0 Å². The summed E-state index contributed by atoms with van der Waals surface area (Å²) in [5.41, 5.74) is 0.986. The third-order valence-corrected chi connectivity index (χ3v) is 5.67. The van der Waals surface area contributed by atoms with Gasteiger partial charge in [-0.2, -0.15) is 0 Å². The maximum absolute atomic E-state index is 12.0. The van der Waals surface area contributed by atoms with Crippen molar-refractivity contribution in [2.24, 2.45) is 4.99 Å². The number of benzene rings is 1. The van der Waals surface area contributed by atoms with Gasteiger partial charge in [0.1, 0.15) is 17.2 Å². The Morgan fingerprint density at radius 1 is 1.06 bits per heavy atom. The van der Waals surface area contributed by atoms with E-state index < -0.39 is 0 Å². The number of hydrogen-bond donors (Lipinski definition) is 2. The number of halogens is 1. The lowest BCUT2D eigenvalue weighted by molar-refractivity contribution is -0.122. The van der Waals surface area contributed by atoms with Gasteiger partial charge in [0.2, 0.25) is 5.91 Å². The monoisotopic (exact) mass is 561 g/mol. The molecule has 180 valence electrons. The molecule has 1 amide bonds. The highest BCUT2D eigenvalue weighted by Gasteiger charge is 2.26. The number of rotatable bonds is 9. The van der Waals surface area contributed by atoms with Gasteiger partial charge in [-0.05, 0) is 19.3 Å². The van der Waals surface area contributed by atoms with Crippen LogP contribution >= 0.6 is 24.0 Å². The fraction of sp³-hybridized carbons (Fsp3) is 0.636. The number of hydrogen-bond acceptors (Lipinski definition) is 6. The van der Waals surface area contributed by atoms with E-state index in [-0.39, 0.29) is 29.9 Å². The van der Waals surface area contributed by atoms with Crippen molar-refractivity contribution in [2.75, 3.05) is 67.6 Å². The summed E-state index contributed by atoms with van der Waals surface area (Å²) in [6.45, 7) is 4.54. The van der Waals surface area contributed by atoms with Gasteiger partial charge in [0.05, 0.1) is 27.9 Å². The van der Waals surface area contributed by atoms with E-state index in [2.05, 4.69) is 25.4 Å². The molecule has 2 aliphatic rings. The second-order valence-corrected chi connectivity index (χ2v) is 7.84. The molecule has 0 spiro atoms. The number of amides is 1. The van der Waals surface area contributed by atoms with Crippen molar-refractivity contribution in [2.45, 2.75) is 25.3 Å². The lowest BCUT2D eigenvalue weighted by Crippen LogP contribution is -2.54. The molecule has 1 heterocycles. The summed E-state index contributed by atoms with van der Waals surface area (Å²) < 4.78 is 16.4. The molecule has 0 radical (unpaired) electrons. The minimum Gasteiger partial charge on any atom is -0.496 e. The quantitative estimate of drug-likeness (QED) is 0.268. The fourth-order valence-corrected chi connectivity index (χ4v) is 3.78. The second kappa shape index (κ2) is 12.9. The van der Waals surface area contributed by atoms with Crippen molar-refractivity contribution in [3.8, 4) is 17.2 Å². The van der Waals surface area contributed by atoms with Gasteiger partial charge >= 0.3 is 0 Å². The summed E-state index contributed by atoms with van der Waals surface area (Å²) in [5, 5.41) is 6.50. The Kier molecular flexibility index (Phi) is 10.6. The predicted octanol–water partition coefficient (Wildman–Crippen LogP) is 1.34. The van der Waals surface area contributed by atoms with Crippen molar-refractivity contribution in [3.05, 3.63) is 17.7 Å². The summed E-state index contributed by atoms with van der Waals surface area (Å²) in [4.78, 5) is 20.9. The van der Waals surface area contributed by atoms with Gasteiger partial charge in [0.25, 0.3) is 0 Å². The molecule has 0 aromatic heterocycles. The summed E-state index contributed by atoms with van der Waals surface area (Å²) in [6, 6.07) is 4.15. The van der Waals surface area contributed by atoms with E-state index in [1.807, 2.05) is 12.1 Å². The molecule has 0 bridgehead atoms. The zero-order valence-electron chi connectivity index (χ0n) is 19.5. The summed E-state index contributed by atoms with van der Waals surface area (Å²) >= 11 is 0. The number of ether oxygens (including phenoxy) is 3. The first-order chi connectivity index (χ1) is 15.1. The molecule has 32 heavy (non-hydrogen) atoms. The molecule has 1 saturated carbocycles. The molecule has 9 nitrogen and oxygen atoms in total. The van der Waals surface area contributed by atoms with Gasteiger partial charge in [0.15, 0.2) is 5.96 Å². The summed E-state index contributed by atoms with van der Waals surface area (Å²) in [6.07, 6.45) is 2.96. The Bertz CT molecular complexity index is 755. The normalized spacial score (nSPS) is 16.8. The van der Waals surface area contributed by atoms with Crippen molar-refractivity contribution < 1.29 is 19.0 Å². The van der Waals surface area contributed by atoms with Gasteiger partial charge < -0.3 is 29.7 Å². The number of nitrogens with one attached hydrogen (secondary N) is 2. The maximum atomic E-state index is 12.0. The minimum absolute atomic E-state index is 0. The number of nitrogens with zero attached hydrogens (tertiary/aromatic N) is 3. The van der Waals surface area contributed by atoms with Gasteiger partial charge in [-0.1, -0.05) is 0 Å². The van der Waals surface area contributed by atoms with Gasteiger partial charge in [-0.25, -0.2) is 0 Å². The molecular weight excluding hydrogens is 525 g/mol. The predicted molar refractivity (Wildman–Crippen MR) is 136 cm³/mol. The number of piperazine rings is 1. The van der Waals surface area contributed by atoms with Crippen molar-refractivity contribution >= 4 is 35.8 Å². The average molecular weight is 561 g/mol. The molecule has 1 aliphatic heterocycles. The lowest BCUT2D eigenvalue weighted by Gasteiger charge is -2.36. The average Bonchev–Trinajstić information content (AvgIpc) is 3.60. The number of aliphatic imine (C=N–C) groups is 1. The van der Waals surface area contributed by atoms with Crippen LogP contribution < -0.4 is 24.8 Å². The van der Waals surface area contributed by atoms with Crippen LogP contribution in [0.3, 0.4) is 0 Å². The Labute approximate surface area is 207 Å². The first-order valence-electron chi connectivity index (χ1n) is 10.8. The fourth-order valence-electron chi connectivity index (χ4n) is 3.78. The van der Waals surface area contributed by atoms with Crippen LogP contribution in [0.4, 0.5) is 0 Å². The Hall–Kier alpha value is -1.95. The van der Waals surface area contributed by atoms with Crippen molar-refractivity contribution in [3.63, 3.8) is 0 Å². The molecule has 3 rings (SSSR count). The highest BCUT2D eigenvalue weighted by atomic mass is 127. The standard InChI is InChI=1S/C22H35N5O4.HI/c1-23-22(27-11-9-26(10-12-27)15-21(28)25-16-5-6-16)24-8-7-18-19(30-3)13-17(29-2)14-20(18)31-4;/h13-14,16H,5-12,15H2,1-4H3,(H,23,24)(H,25,28);1H. The molecule has 1 aromatic rings. The number of carbonyl (C=O) groups excluding carboxylic acids is 1. The smallest absolute Gasteiger partial charge is 0.234 e. The van der Waals surface area contributed by atoms with Crippen LogP contribution in [0.5, 0.6) is 17.2 Å². The molecule has 2 fully saturated rings. The van der Waals surface area contributed by atoms with Crippen LogP contribution in [0.25, 0.3) is 0 Å². The molecule has 1 saturated heterocycles. The van der Waals surface area contributed by atoms with Crippen molar-refractivity contribution in [1.29, 1.82) is 0 Å². The third-order valence-electron chi connectivity index (χ3n) is 5.67. The van der Waals surface area contributed by atoms with Gasteiger partial charge in [-0.15, -0.1) is 24.0 Å².